The number of nitrogens with one attached hydrogen (secondary N) is 1. The summed E-state index contributed by atoms with van der Waals surface area (Å²) in [5.41, 5.74) is 2.59. The molecule has 0 saturated carbocycles. The highest BCUT2D eigenvalue weighted by Gasteiger charge is 2.33. The molecular formula is C26H32ClN5O3SSi. The van der Waals surface area contributed by atoms with Gasteiger partial charge in [0.05, 0.1) is 4.91 Å². The molecule has 2 N–H and O–H groups in total. The van der Waals surface area contributed by atoms with E-state index < -0.39 is 14.2 Å². The number of pyridine rings is 1. The standard InChI is InChI=1S/C26H32ClN5O3SSi/c1-17(33)30-23-13-19(9-10-28-23)22-14-21(24(34)18-5-7-20(27)8-6-18)25(36-22)26-29-15-32(31-26)16-35-11-12-37(2,3)4/h5-10,13,15,22,24,34H,11-12,14,16H2,1-4H3,(H,28,30,33). The summed E-state index contributed by atoms with van der Waals surface area (Å²) in [6.45, 7) is 9.44. The van der Waals surface area contributed by atoms with Crippen LogP contribution in [0.4, 0.5) is 5.82 Å². The van der Waals surface area contributed by atoms with Gasteiger partial charge in [-0.1, -0.05) is 43.4 Å². The van der Waals surface area contributed by atoms with Crippen molar-refractivity contribution in [1.29, 1.82) is 0 Å². The van der Waals surface area contributed by atoms with Gasteiger partial charge in [0.15, 0.2) is 5.82 Å². The van der Waals surface area contributed by atoms with Crippen LogP contribution >= 0.6 is 23.4 Å². The second kappa shape index (κ2) is 11.9. The molecule has 4 rings (SSSR count). The maximum atomic E-state index is 11.5. The first-order valence-corrected chi connectivity index (χ1v) is 17.1. The zero-order chi connectivity index (χ0) is 26.6. The average Bonchev–Trinajstić information content (AvgIpc) is 3.48. The summed E-state index contributed by atoms with van der Waals surface area (Å²) >= 11 is 7.67. The van der Waals surface area contributed by atoms with Crippen LogP contribution in [0.15, 0.2) is 54.5 Å². The molecule has 2 unspecified atom stereocenters. The molecule has 0 aliphatic carbocycles. The highest BCUT2D eigenvalue weighted by Crippen LogP contribution is 2.54. The maximum Gasteiger partial charge on any atom is 0.222 e. The van der Waals surface area contributed by atoms with E-state index in [1.54, 1.807) is 41.1 Å². The number of hydrogen-bond acceptors (Lipinski definition) is 7. The summed E-state index contributed by atoms with van der Waals surface area (Å²) in [5, 5.41) is 19.4. The lowest BCUT2D eigenvalue weighted by Crippen LogP contribution is -2.22. The molecule has 196 valence electrons. The molecule has 0 fully saturated rings. The van der Waals surface area contributed by atoms with Crippen molar-refractivity contribution < 1.29 is 14.6 Å². The number of rotatable bonds is 10. The van der Waals surface area contributed by atoms with Gasteiger partial charge in [0.25, 0.3) is 0 Å². The Kier molecular flexibility index (Phi) is 8.86. The Labute approximate surface area is 227 Å². The highest BCUT2D eigenvalue weighted by atomic mass is 35.5. The van der Waals surface area contributed by atoms with Crippen LogP contribution in [-0.2, 0) is 16.3 Å². The summed E-state index contributed by atoms with van der Waals surface area (Å²) in [4.78, 5) is 21.1. The fraction of sp³-hybridized carbons (Fsp3) is 0.385. The number of nitrogens with zero attached hydrogens (tertiary/aromatic N) is 4. The van der Waals surface area contributed by atoms with Crippen molar-refractivity contribution in [3.05, 3.63) is 76.5 Å². The molecule has 1 amide bonds. The zero-order valence-corrected chi connectivity index (χ0v) is 24.0. The predicted octanol–water partition coefficient (Wildman–Crippen LogP) is 5.92. The molecule has 0 radical (unpaired) electrons. The lowest BCUT2D eigenvalue weighted by atomic mass is 9.95. The topological polar surface area (TPSA) is 102 Å². The van der Waals surface area contributed by atoms with Crippen LogP contribution in [0.1, 0.15) is 41.6 Å². The molecule has 0 bridgehead atoms. The highest BCUT2D eigenvalue weighted by molar-refractivity contribution is 8.08. The number of hydrogen-bond donors (Lipinski definition) is 2. The van der Waals surface area contributed by atoms with Gasteiger partial charge in [-0.25, -0.2) is 14.6 Å². The number of carbonyl (C=O) groups is 1. The molecule has 37 heavy (non-hydrogen) atoms. The molecule has 8 nitrogen and oxygen atoms in total. The summed E-state index contributed by atoms with van der Waals surface area (Å²) in [6.07, 6.45) is 3.10. The molecule has 1 aromatic carbocycles. The van der Waals surface area contributed by atoms with Gasteiger partial charge in [-0.15, -0.1) is 16.9 Å². The average molecular weight is 558 g/mol. The Bertz CT molecular complexity index is 1280. The summed E-state index contributed by atoms with van der Waals surface area (Å²) in [6, 6.07) is 12.1. The molecule has 0 saturated heterocycles. The molecule has 11 heteroatoms. The maximum absolute atomic E-state index is 11.5. The lowest BCUT2D eigenvalue weighted by molar-refractivity contribution is -0.114. The van der Waals surface area contributed by atoms with Gasteiger partial charge >= 0.3 is 0 Å². The molecule has 0 spiro atoms. The number of aliphatic hydroxyl groups excluding tert-OH is 1. The molecule has 2 aromatic heterocycles. The first-order chi connectivity index (χ1) is 17.6. The van der Waals surface area contributed by atoms with Crippen molar-refractivity contribution in [2.75, 3.05) is 11.9 Å². The molecule has 3 aromatic rings. The number of benzene rings is 1. The van der Waals surface area contributed by atoms with E-state index in [2.05, 4.69) is 40.0 Å². The number of aromatic nitrogens is 4. The van der Waals surface area contributed by atoms with Crippen LogP contribution in [0.3, 0.4) is 0 Å². The summed E-state index contributed by atoms with van der Waals surface area (Å²) < 4.78 is 7.52. The van der Waals surface area contributed by atoms with Gasteiger partial charge in [-0.05, 0) is 53.4 Å². The third kappa shape index (κ3) is 7.52. The summed E-state index contributed by atoms with van der Waals surface area (Å²) in [5.74, 6) is 0.875. The van der Waals surface area contributed by atoms with E-state index in [1.807, 2.05) is 24.3 Å². The van der Waals surface area contributed by atoms with Crippen molar-refractivity contribution in [3.8, 4) is 0 Å². The van der Waals surface area contributed by atoms with Gasteiger partial charge in [-0.3, -0.25) is 4.79 Å². The van der Waals surface area contributed by atoms with E-state index in [0.29, 0.717) is 36.4 Å². The molecular weight excluding hydrogens is 526 g/mol. The summed E-state index contributed by atoms with van der Waals surface area (Å²) in [7, 11) is -1.17. The SMILES string of the molecule is CC(=O)Nc1cc(C2CC(C(O)c3ccc(Cl)cc3)=C(c3ncn(COCC[Si](C)(C)C)n3)S2)ccn1. The minimum Gasteiger partial charge on any atom is -0.384 e. The van der Waals surface area contributed by atoms with Gasteiger partial charge in [0.1, 0.15) is 25.0 Å². The minimum atomic E-state index is -1.17. The van der Waals surface area contributed by atoms with Crippen molar-refractivity contribution in [2.24, 2.45) is 0 Å². The van der Waals surface area contributed by atoms with Gasteiger partial charge in [-0.2, -0.15) is 0 Å². The van der Waals surface area contributed by atoms with Crippen LogP contribution < -0.4 is 5.32 Å². The Balaban J connectivity index is 1.58. The normalized spacial score (nSPS) is 16.8. The third-order valence-corrected chi connectivity index (χ3v) is 9.25. The number of amides is 1. The van der Waals surface area contributed by atoms with Crippen molar-refractivity contribution in [2.45, 2.75) is 57.1 Å². The largest absolute Gasteiger partial charge is 0.384 e. The second-order valence-electron chi connectivity index (χ2n) is 10.2. The van der Waals surface area contributed by atoms with E-state index in [-0.39, 0.29) is 11.2 Å². The molecule has 1 aliphatic rings. The number of thioether (sulfide) groups is 1. The number of ether oxygens (including phenoxy) is 1. The number of carbonyl (C=O) groups excluding carboxylic acids is 1. The Morgan fingerprint density at radius 2 is 2.03 bits per heavy atom. The first kappa shape index (κ1) is 27.5. The second-order valence-corrected chi connectivity index (χ2v) is 17.5. The van der Waals surface area contributed by atoms with Gasteiger partial charge in [0.2, 0.25) is 5.91 Å². The quantitative estimate of drug-likeness (QED) is 0.235. The molecule has 3 heterocycles. The van der Waals surface area contributed by atoms with Crippen molar-refractivity contribution >= 4 is 48.1 Å². The van der Waals surface area contributed by atoms with Crippen LogP contribution in [-0.4, -0.2) is 45.4 Å². The van der Waals surface area contributed by atoms with Crippen LogP contribution in [0.25, 0.3) is 4.91 Å². The first-order valence-electron chi connectivity index (χ1n) is 12.1. The van der Waals surface area contributed by atoms with Crippen molar-refractivity contribution in [1.82, 2.24) is 19.7 Å². The fourth-order valence-electron chi connectivity index (χ4n) is 3.91. The monoisotopic (exact) mass is 557 g/mol. The Morgan fingerprint density at radius 3 is 2.73 bits per heavy atom. The zero-order valence-electron chi connectivity index (χ0n) is 21.4. The number of halogens is 1. The Hall–Kier alpha value is -2.50. The van der Waals surface area contributed by atoms with Gasteiger partial charge in [0, 0.05) is 38.1 Å². The van der Waals surface area contributed by atoms with Crippen LogP contribution in [0.5, 0.6) is 0 Å². The predicted molar refractivity (Wildman–Crippen MR) is 151 cm³/mol. The molecule has 1 aliphatic heterocycles. The molecule has 2 atom stereocenters. The number of anilines is 1. The fourth-order valence-corrected chi connectivity index (χ4v) is 6.17. The van der Waals surface area contributed by atoms with E-state index in [9.17, 15) is 9.90 Å². The van der Waals surface area contributed by atoms with E-state index in [0.717, 1.165) is 27.6 Å². The van der Waals surface area contributed by atoms with E-state index in [1.165, 1.54) is 6.92 Å². The number of aliphatic hydroxyl groups is 1. The minimum absolute atomic E-state index is 0.00222. The lowest BCUT2D eigenvalue weighted by Gasteiger charge is -2.15. The van der Waals surface area contributed by atoms with Crippen molar-refractivity contribution in [3.63, 3.8) is 0 Å². The van der Waals surface area contributed by atoms with Gasteiger partial charge < -0.3 is 15.2 Å². The van der Waals surface area contributed by atoms with E-state index in [4.69, 9.17) is 16.3 Å². The Morgan fingerprint density at radius 1 is 1.27 bits per heavy atom. The van der Waals surface area contributed by atoms with Crippen LogP contribution in [0.2, 0.25) is 30.7 Å². The smallest absolute Gasteiger partial charge is 0.222 e. The van der Waals surface area contributed by atoms with Crippen LogP contribution in [0, 0.1) is 0 Å². The third-order valence-electron chi connectivity index (χ3n) is 5.89. The van der Waals surface area contributed by atoms with E-state index >= 15 is 0 Å².